The van der Waals surface area contributed by atoms with Crippen LogP contribution in [0.3, 0.4) is 0 Å². The first-order valence-electron chi connectivity index (χ1n) is 33.4. The lowest BCUT2D eigenvalue weighted by atomic mass is 9.81. The van der Waals surface area contributed by atoms with Crippen LogP contribution in [0.5, 0.6) is 5.75 Å². The summed E-state index contributed by atoms with van der Waals surface area (Å²) in [7, 11) is 1.31. The Morgan fingerprint density at radius 1 is 0.528 bits per heavy atom. The van der Waals surface area contributed by atoms with Crippen molar-refractivity contribution in [2.75, 3.05) is 14.2 Å². The van der Waals surface area contributed by atoms with Gasteiger partial charge in [-0.3, -0.25) is 14.4 Å². The SMILES string of the molecule is COC(=O)C1=C(C)/C(=C(\c2c(-c3ccccc3)cc(OC(=O)Cc3ccc(-n4c(=O)c5cc(-c6cc(C(F)(F)F)cc(C(F)(F)F)c6)c6oc7ccccc7c7c(-c8cc(C(F)(F)F)cc(C(F)(F)F)c8)cc(c4=O)c5c67)cc3)cc2-c2ccccc2)c2c(C)c(C(=O)OC)c(C(C)C)n2BF)NC=C1C(C)C. The molecule has 0 atom stereocenters. The molecule has 0 aliphatic carbocycles. The Kier molecular flexibility index (Phi) is 19.1. The zero-order valence-electron chi connectivity index (χ0n) is 58.3. The summed E-state index contributed by atoms with van der Waals surface area (Å²) >= 11 is 0. The molecule has 1 aliphatic heterocycles. The Morgan fingerprint density at radius 2 is 1.02 bits per heavy atom. The van der Waals surface area contributed by atoms with Crippen LogP contribution in [0, 0.1) is 12.8 Å². The van der Waals surface area contributed by atoms with E-state index in [0.717, 1.165) is 12.1 Å². The number of methoxy groups -OCH3 is 2. The molecule has 0 spiro atoms. The summed E-state index contributed by atoms with van der Waals surface area (Å²) < 4.78 is 218. The quantitative estimate of drug-likeness (QED) is 0.0263. The number of halogens is 13. The molecule has 0 saturated heterocycles. The summed E-state index contributed by atoms with van der Waals surface area (Å²) in [4.78, 5) is 73.5. The van der Waals surface area contributed by atoms with Crippen LogP contribution in [-0.2, 0) is 50.2 Å². The maximum atomic E-state index is 16.4. The molecule has 26 heteroatoms. The molecular weight excluding hydrogens is 1430 g/mol. The van der Waals surface area contributed by atoms with Gasteiger partial charge in [0, 0.05) is 66.6 Å². The molecule has 0 fully saturated rings. The third-order valence-corrected chi connectivity index (χ3v) is 19.2. The number of pyridine rings is 1. The molecule has 1 N–H and O–H groups in total. The molecular formula is C82H59BF13N3O9. The van der Waals surface area contributed by atoms with Crippen molar-refractivity contribution in [1.29, 1.82) is 0 Å². The number of nitrogens with one attached hydrogen (secondary N) is 1. The van der Waals surface area contributed by atoms with Crippen LogP contribution in [0.25, 0.3) is 99.3 Å². The Hall–Kier alpha value is -12.0. The minimum absolute atomic E-state index is 0.0327. The van der Waals surface area contributed by atoms with Gasteiger partial charge in [0.1, 0.15) is 16.9 Å². The van der Waals surface area contributed by atoms with Crippen molar-refractivity contribution in [3.8, 4) is 55.9 Å². The van der Waals surface area contributed by atoms with E-state index in [1.165, 1.54) is 67.2 Å². The van der Waals surface area contributed by atoms with Crippen molar-refractivity contribution in [3.05, 3.63) is 275 Å². The standard InChI is InChI=1S/C82H59BF13N3O9/c1-39(2)61-38-97-71(41(5)64(61)77(103)105-7)70(73-42(6)65(78(104)106-8)72(40(3)4)99(73)83-96)67-55(44-17-11-9-12-18-44)34-53(35-56(67)45-19-13-10-14-20-45)107-63(100)27-43-23-25-52(26-24-43)98-75(101)59-36-57(46-28-48(79(84,85)86)32-49(29-46)80(87,88)89)66-54-21-15-16-22-62(54)108-74-58(37-60(76(98)102)68(59)69(66)74)47-30-50(81(90,91)92)33-51(31-47)82(93,94)95/h9-26,28-40,83,97H,27H2,1-8H3/b71-70-. The smallest absolute Gasteiger partial charge is 0.448 e. The number of hydrogen-bond acceptors (Lipinski definition) is 10. The fourth-order valence-electron chi connectivity index (χ4n) is 14.5. The van der Waals surface area contributed by atoms with E-state index in [1.807, 2.05) is 13.8 Å². The Balaban J connectivity index is 0.996. The first-order chi connectivity index (χ1) is 51.0. The van der Waals surface area contributed by atoms with Gasteiger partial charge in [0.15, 0.2) is 0 Å². The Bertz CT molecular complexity index is 5770. The van der Waals surface area contributed by atoms with Gasteiger partial charge >= 0.3 is 50.3 Å². The first-order valence-corrected chi connectivity index (χ1v) is 33.4. The number of dihydropyridines is 1. The van der Waals surface area contributed by atoms with Crippen LogP contribution in [0.15, 0.2) is 212 Å². The summed E-state index contributed by atoms with van der Waals surface area (Å²) in [5.74, 6) is -3.02. The Morgan fingerprint density at radius 3 is 1.50 bits per heavy atom. The van der Waals surface area contributed by atoms with Crippen molar-refractivity contribution in [3.63, 3.8) is 0 Å². The topological polar surface area (TPSA) is 148 Å². The highest BCUT2D eigenvalue weighted by molar-refractivity contribution is 6.32. The molecule has 0 bridgehead atoms. The van der Waals surface area contributed by atoms with Gasteiger partial charge < -0.3 is 32.7 Å². The molecule has 3 aromatic heterocycles. The second kappa shape index (κ2) is 27.8. The Labute approximate surface area is 606 Å². The number of aromatic nitrogens is 2. The van der Waals surface area contributed by atoms with Gasteiger partial charge in [-0.1, -0.05) is 119 Å². The number of carbonyl (C=O) groups excluding carboxylic acids is 3. The summed E-state index contributed by atoms with van der Waals surface area (Å²) in [6.07, 6.45) is -20.6. The monoisotopic (exact) mass is 1490 g/mol. The number of hydrogen-bond donors (Lipinski definition) is 1. The van der Waals surface area contributed by atoms with Crippen molar-refractivity contribution in [2.24, 2.45) is 5.92 Å². The molecule has 9 aromatic carbocycles. The predicted molar refractivity (Wildman–Crippen MR) is 384 cm³/mol. The highest BCUT2D eigenvalue weighted by atomic mass is 19.4. The second-order valence-electron chi connectivity index (χ2n) is 26.5. The number of para-hydroxylation sites is 1. The van der Waals surface area contributed by atoms with Crippen LogP contribution in [0.2, 0.25) is 0 Å². The molecule has 0 saturated carbocycles. The van der Waals surface area contributed by atoms with Gasteiger partial charge in [0.2, 0.25) is 0 Å². The number of benzene rings is 9. The fourth-order valence-corrected chi connectivity index (χ4v) is 14.5. The fraction of sp³-hybridized carbons (Fsp3) is 0.183. The van der Waals surface area contributed by atoms with E-state index in [4.69, 9.17) is 18.6 Å². The number of rotatable bonds is 15. The predicted octanol–water partition coefficient (Wildman–Crippen LogP) is 20.2. The number of esters is 3. The van der Waals surface area contributed by atoms with Crippen LogP contribution in [0.1, 0.15) is 101 Å². The van der Waals surface area contributed by atoms with Gasteiger partial charge in [-0.05, 0) is 166 Å². The number of ether oxygens (including phenoxy) is 3. The van der Waals surface area contributed by atoms with Gasteiger partial charge in [0.05, 0.1) is 65.4 Å². The lowest BCUT2D eigenvalue weighted by Crippen LogP contribution is -2.32. The normalized spacial score (nSPS) is 13.6. The molecule has 0 unspecified atom stereocenters. The number of carbonyl (C=O) groups is 3. The largest absolute Gasteiger partial charge is 0.465 e. The van der Waals surface area contributed by atoms with Gasteiger partial charge in [-0.15, -0.1) is 0 Å². The van der Waals surface area contributed by atoms with Crippen LogP contribution in [-0.4, -0.2) is 48.9 Å². The summed E-state index contributed by atoms with van der Waals surface area (Å²) in [5, 5.41) is 1.13. The average molecular weight is 1490 g/mol. The molecule has 0 amide bonds. The van der Waals surface area contributed by atoms with Gasteiger partial charge in [0.25, 0.3) is 11.1 Å². The minimum atomic E-state index is -5.43. The molecule has 13 rings (SSSR count). The minimum Gasteiger partial charge on any atom is -0.465 e. The second-order valence-corrected chi connectivity index (χ2v) is 26.5. The van der Waals surface area contributed by atoms with E-state index in [0.29, 0.717) is 90.3 Å². The molecule has 12 nitrogen and oxygen atoms in total. The molecule has 4 heterocycles. The summed E-state index contributed by atoms with van der Waals surface area (Å²) in [5.41, 5.74) is -8.40. The van der Waals surface area contributed by atoms with Gasteiger partial charge in [-0.2, -0.15) is 52.7 Å². The number of fused-ring (bicyclic) bond motifs is 2. The van der Waals surface area contributed by atoms with Crippen molar-refractivity contribution < 1.29 is 90.0 Å². The zero-order valence-corrected chi connectivity index (χ0v) is 58.3. The van der Waals surface area contributed by atoms with E-state index in [-0.39, 0.29) is 73.6 Å². The van der Waals surface area contributed by atoms with Crippen LogP contribution in [0.4, 0.5) is 57.0 Å². The molecule has 12 aromatic rings. The first kappa shape index (κ1) is 74.3. The lowest BCUT2D eigenvalue weighted by molar-refractivity contribution is -0.144. The van der Waals surface area contributed by atoms with Gasteiger partial charge in [-0.25, -0.2) is 14.2 Å². The highest BCUT2D eigenvalue weighted by Gasteiger charge is 2.42. The van der Waals surface area contributed by atoms with Crippen LogP contribution >= 0.6 is 0 Å². The zero-order chi connectivity index (χ0) is 77.7. The molecule has 550 valence electrons. The van der Waals surface area contributed by atoms with E-state index in [1.54, 1.807) is 107 Å². The molecule has 1 aliphatic rings. The summed E-state index contributed by atoms with van der Waals surface area (Å²) in [6, 6.07) is 34.3. The van der Waals surface area contributed by atoms with Crippen LogP contribution < -0.4 is 21.2 Å². The van der Waals surface area contributed by atoms with Crippen molar-refractivity contribution >= 4 is 74.7 Å². The van der Waals surface area contributed by atoms with E-state index in [2.05, 4.69) is 5.32 Å². The number of nitrogens with zero attached hydrogens (tertiary/aromatic N) is 2. The maximum Gasteiger partial charge on any atom is 0.448 e. The summed E-state index contributed by atoms with van der Waals surface area (Å²) in [6.45, 7) is 10.8. The molecule has 0 radical (unpaired) electrons. The molecule has 108 heavy (non-hydrogen) atoms. The van der Waals surface area contributed by atoms with E-state index < -0.39 is 140 Å². The average Bonchev–Trinajstić information content (AvgIpc) is 0.806. The van der Waals surface area contributed by atoms with E-state index in [9.17, 15) is 67.1 Å². The maximum absolute atomic E-state index is 16.4. The van der Waals surface area contributed by atoms with E-state index >= 15 is 13.9 Å². The highest BCUT2D eigenvalue weighted by Crippen LogP contribution is 2.52. The third kappa shape index (κ3) is 13.2. The number of alkyl halides is 12. The third-order valence-electron chi connectivity index (χ3n) is 19.2. The van der Waals surface area contributed by atoms with Crippen molar-refractivity contribution in [1.82, 2.24) is 14.4 Å². The lowest BCUT2D eigenvalue weighted by Gasteiger charge is -2.29. The van der Waals surface area contributed by atoms with Crippen molar-refractivity contribution in [2.45, 2.75) is 78.6 Å². The number of allylic oxidation sites excluding steroid dienone is 1.